The lowest BCUT2D eigenvalue weighted by molar-refractivity contribution is 0.223. The van der Waals surface area contributed by atoms with Crippen molar-refractivity contribution in [2.24, 2.45) is 5.92 Å². The topological polar surface area (TPSA) is 38.1 Å². The summed E-state index contributed by atoms with van der Waals surface area (Å²) in [5.41, 5.74) is 1.02. The molecule has 1 aromatic rings. The molecule has 0 saturated heterocycles. The standard InChI is InChI=1S/C11H18N2O/c1-7-4-10(5-7)12-9(3)11-6-8(2)14-13-11/h6-7,9-10,12H,4-5H2,1-3H3/t7?,9-,10?/m1/s1. The summed E-state index contributed by atoms with van der Waals surface area (Å²) in [6.45, 7) is 6.36. The smallest absolute Gasteiger partial charge is 0.133 e. The molecule has 0 spiro atoms. The Kier molecular flexibility index (Phi) is 2.59. The van der Waals surface area contributed by atoms with Gasteiger partial charge in [0.1, 0.15) is 11.5 Å². The van der Waals surface area contributed by atoms with Gasteiger partial charge in [0.05, 0.1) is 6.04 Å². The zero-order valence-electron chi connectivity index (χ0n) is 9.08. The molecule has 1 N–H and O–H groups in total. The summed E-state index contributed by atoms with van der Waals surface area (Å²) in [5.74, 6) is 1.77. The molecule has 0 unspecified atom stereocenters. The average molecular weight is 194 g/mol. The van der Waals surface area contributed by atoms with Crippen molar-refractivity contribution in [1.82, 2.24) is 10.5 Å². The molecule has 0 amide bonds. The van der Waals surface area contributed by atoms with Crippen LogP contribution in [-0.4, -0.2) is 11.2 Å². The molecule has 1 saturated carbocycles. The van der Waals surface area contributed by atoms with Crippen LogP contribution in [0.15, 0.2) is 10.6 Å². The molecule has 1 heterocycles. The predicted molar refractivity (Wildman–Crippen MR) is 55.0 cm³/mol. The Morgan fingerprint density at radius 2 is 2.29 bits per heavy atom. The minimum absolute atomic E-state index is 0.310. The van der Waals surface area contributed by atoms with Crippen molar-refractivity contribution >= 4 is 0 Å². The van der Waals surface area contributed by atoms with Gasteiger partial charge in [-0.3, -0.25) is 0 Å². The lowest BCUT2D eigenvalue weighted by Gasteiger charge is -2.35. The monoisotopic (exact) mass is 194 g/mol. The molecule has 0 aliphatic heterocycles. The maximum atomic E-state index is 5.05. The summed E-state index contributed by atoms with van der Waals surface area (Å²) in [4.78, 5) is 0. The molecular formula is C11H18N2O. The van der Waals surface area contributed by atoms with Crippen molar-refractivity contribution in [3.8, 4) is 0 Å². The second-order valence-corrected chi connectivity index (χ2v) is 4.52. The Morgan fingerprint density at radius 3 is 2.79 bits per heavy atom. The van der Waals surface area contributed by atoms with Crippen molar-refractivity contribution in [1.29, 1.82) is 0 Å². The van der Waals surface area contributed by atoms with E-state index in [1.165, 1.54) is 12.8 Å². The van der Waals surface area contributed by atoms with Gasteiger partial charge in [0.25, 0.3) is 0 Å². The van der Waals surface area contributed by atoms with Gasteiger partial charge < -0.3 is 9.84 Å². The van der Waals surface area contributed by atoms with Gasteiger partial charge in [-0.05, 0) is 32.6 Å². The fourth-order valence-corrected chi connectivity index (χ4v) is 2.07. The lowest BCUT2D eigenvalue weighted by Crippen LogP contribution is -2.41. The van der Waals surface area contributed by atoms with Crippen molar-refractivity contribution in [3.05, 3.63) is 17.5 Å². The third kappa shape index (κ3) is 1.98. The van der Waals surface area contributed by atoms with Crippen LogP contribution in [0.5, 0.6) is 0 Å². The SMILES string of the molecule is Cc1cc([C@@H](C)NC2CC(C)C2)no1. The summed E-state index contributed by atoms with van der Waals surface area (Å²) in [7, 11) is 0. The van der Waals surface area contributed by atoms with E-state index in [0.717, 1.165) is 17.4 Å². The summed E-state index contributed by atoms with van der Waals surface area (Å²) in [5, 5.41) is 7.56. The molecule has 1 aromatic heterocycles. The highest BCUT2D eigenvalue weighted by atomic mass is 16.5. The quantitative estimate of drug-likeness (QED) is 0.803. The van der Waals surface area contributed by atoms with Gasteiger partial charge in [0.2, 0.25) is 0 Å². The van der Waals surface area contributed by atoms with E-state index in [2.05, 4.69) is 24.3 Å². The van der Waals surface area contributed by atoms with Crippen LogP contribution in [0.25, 0.3) is 0 Å². The van der Waals surface area contributed by atoms with Gasteiger partial charge >= 0.3 is 0 Å². The van der Waals surface area contributed by atoms with Gasteiger partial charge in [-0.15, -0.1) is 0 Å². The van der Waals surface area contributed by atoms with E-state index in [9.17, 15) is 0 Å². The van der Waals surface area contributed by atoms with Crippen LogP contribution in [0.4, 0.5) is 0 Å². The fraction of sp³-hybridized carbons (Fsp3) is 0.727. The van der Waals surface area contributed by atoms with Crippen molar-refractivity contribution < 1.29 is 4.52 Å². The van der Waals surface area contributed by atoms with Crippen LogP contribution in [0, 0.1) is 12.8 Å². The molecule has 1 fully saturated rings. The van der Waals surface area contributed by atoms with Crippen LogP contribution in [0.3, 0.4) is 0 Å². The first-order valence-corrected chi connectivity index (χ1v) is 5.34. The van der Waals surface area contributed by atoms with E-state index in [4.69, 9.17) is 4.52 Å². The number of hydrogen-bond donors (Lipinski definition) is 1. The summed E-state index contributed by atoms with van der Waals surface area (Å²) >= 11 is 0. The largest absolute Gasteiger partial charge is 0.361 e. The summed E-state index contributed by atoms with van der Waals surface area (Å²) in [6, 6.07) is 2.99. The van der Waals surface area contributed by atoms with E-state index >= 15 is 0 Å². The number of aryl methyl sites for hydroxylation is 1. The minimum Gasteiger partial charge on any atom is -0.361 e. The Hall–Kier alpha value is -0.830. The van der Waals surface area contributed by atoms with Crippen molar-refractivity contribution in [2.75, 3.05) is 0 Å². The summed E-state index contributed by atoms with van der Waals surface area (Å²) in [6.07, 6.45) is 2.59. The fourth-order valence-electron chi connectivity index (χ4n) is 2.07. The van der Waals surface area contributed by atoms with Gasteiger partial charge in [0, 0.05) is 12.1 Å². The van der Waals surface area contributed by atoms with E-state index in [1.807, 2.05) is 13.0 Å². The van der Waals surface area contributed by atoms with Crippen LogP contribution in [-0.2, 0) is 0 Å². The second-order valence-electron chi connectivity index (χ2n) is 4.52. The first-order chi connectivity index (χ1) is 6.65. The van der Waals surface area contributed by atoms with E-state index in [-0.39, 0.29) is 0 Å². The summed E-state index contributed by atoms with van der Waals surface area (Å²) < 4.78 is 5.05. The van der Waals surface area contributed by atoms with E-state index in [0.29, 0.717) is 12.1 Å². The maximum absolute atomic E-state index is 5.05. The number of rotatable bonds is 3. The van der Waals surface area contributed by atoms with E-state index in [1.54, 1.807) is 0 Å². The normalized spacial score (nSPS) is 28.5. The van der Waals surface area contributed by atoms with Gasteiger partial charge in [-0.1, -0.05) is 12.1 Å². The predicted octanol–water partition coefficient (Wildman–Crippen LogP) is 2.43. The molecule has 1 aliphatic carbocycles. The number of hydrogen-bond acceptors (Lipinski definition) is 3. The lowest BCUT2D eigenvalue weighted by atomic mass is 9.81. The average Bonchev–Trinajstić information content (AvgIpc) is 2.49. The first-order valence-electron chi connectivity index (χ1n) is 5.34. The second kappa shape index (κ2) is 3.73. The molecule has 1 aliphatic rings. The van der Waals surface area contributed by atoms with Crippen LogP contribution < -0.4 is 5.32 Å². The minimum atomic E-state index is 0.310. The number of nitrogens with one attached hydrogen (secondary N) is 1. The Labute approximate surface area is 84.9 Å². The maximum Gasteiger partial charge on any atom is 0.133 e. The zero-order valence-corrected chi connectivity index (χ0v) is 9.08. The third-order valence-corrected chi connectivity index (χ3v) is 2.95. The van der Waals surface area contributed by atoms with Crippen molar-refractivity contribution in [3.63, 3.8) is 0 Å². The number of aromatic nitrogens is 1. The molecule has 0 bridgehead atoms. The van der Waals surface area contributed by atoms with Crippen LogP contribution in [0.2, 0.25) is 0 Å². The van der Waals surface area contributed by atoms with Gasteiger partial charge in [-0.25, -0.2) is 0 Å². The molecule has 3 nitrogen and oxygen atoms in total. The highest BCUT2D eigenvalue weighted by Gasteiger charge is 2.27. The molecule has 3 heteroatoms. The van der Waals surface area contributed by atoms with E-state index < -0.39 is 0 Å². The highest BCUT2D eigenvalue weighted by molar-refractivity contribution is 5.08. The first kappa shape index (κ1) is 9.71. The van der Waals surface area contributed by atoms with Gasteiger partial charge in [0.15, 0.2) is 0 Å². The highest BCUT2D eigenvalue weighted by Crippen LogP contribution is 2.28. The zero-order chi connectivity index (χ0) is 10.1. The molecule has 0 radical (unpaired) electrons. The number of nitrogens with zero attached hydrogens (tertiary/aromatic N) is 1. The Bertz CT molecular complexity index is 302. The Morgan fingerprint density at radius 1 is 1.57 bits per heavy atom. The molecule has 14 heavy (non-hydrogen) atoms. The molecular weight excluding hydrogens is 176 g/mol. The Balaban J connectivity index is 1.86. The van der Waals surface area contributed by atoms with Crippen LogP contribution in [0.1, 0.15) is 44.2 Å². The van der Waals surface area contributed by atoms with Crippen molar-refractivity contribution in [2.45, 2.75) is 45.7 Å². The third-order valence-electron chi connectivity index (χ3n) is 2.95. The van der Waals surface area contributed by atoms with Crippen LogP contribution >= 0.6 is 0 Å². The molecule has 0 aromatic carbocycles. The van der Waals surface area contributed by atoms with Gasteiger partial charge in [-0.2, -0.15) is 0 Å². The molecule has 1 atom stereocenters. The molecule has 2 rings (SSSR count). The molecule has 78 valence electrons.